The van der Waals surface area contributed by atoms with Crippen molar-refractivity contribution in [3.8, 4) is 0 Å². The van der Waals surface area contributed by atoms with E-state index in [0.29, 0.717) is 16.3 Å². The number of amides is 1. The molecule has 1 amide bonds. The van der Waals surface area contributed by atoms with Crippen molar-refractivity contribution in [3.63, 3.8) is 0 Å². The van der Waals surface area contributed by atoms with Crippen molar-refractivity contribution in [1.29, 1.82) is 0 Å². The number of nitrogens with zero attached hydrogens (tertiary/aromatic N) is 3. The Morgan fingerprint density at radius 2 is 1.97 bits per heavy atom. The van der Waals surface area contributed by atoms with Crippen molar-refractivity contribution < 1.29 is 14.4 Å². The number of aryl methyl sites for hydroxylation is 1. The van der Waals surface area contributed by atoms with Crippen molar-refractivity contribution in [2.24, 2.45) is 15.9 Å². The molecular formula is C25H29ClN6O3. The van der Waals surface area contributed by atoms with Crippen LogP contribution in [0.4, 0.5) is 0 Å². The third-order valence-electron chi connectivity index (χ3n) is 5.21. The van der Waals surface area contributed by atoms with Crippen LogP contribution in [0.1, 0.15) is 33.5 Å². The maximum Gasteiger partial charge on any atom is 0.232 e. The number of aromatic nitrogens is 1. The lowest BCUT2D eigenvalue weighted by Crippen LogP contribution is -2.37. The maximum atomic E-state index is 12.6. The molecule has 0 bridgehead atoms. The second kappa shape index (κ2) is 11.6. The van der Waals surface area contributed by atoms with Crippen LogP contribution in [-0.4, -0.2) is 61.0 Å². The van der Waals surface area contributed by atoms with Crippen molar-refractivity contribution in [2.45, 2.75) is 19.9 Å². The minimum absolute atomic E-state index is 0.0350. The zero-order valence-corrected chi connectivity index (χ0v) is 20.9. The first kappa shape index (κ1) is 25.9. The number of aromatic amines is 1. The molecular weight excluding hydrogens is 468 g/mol. The number of nitrogens with one attached hydrogen (secondary N) is 2. The van der Waals surface area contributed by atoms with Gasteiger partial charge in [0.25, 0.3) is 0 Å². The van der Waals surface area contributed by atoms with Gasteiger partial charge in [-0.25, -0.2) is 4.99 Å². The number of fused-ring (bicyclic) bond motifs is 1. The molecule has 0 aliphatic rings. The molecule has 184 valence electrons. The Labute approximate surface area is 209 Å². The molecule has 0 fully saturated rings. The zero-order valence-electron chi connectivity index (χ0n) is 20.2. The number of para-hydroxylation sites is 1. The smallest absolute Gasteiger partial charge is 0.232 e. The highest BCUT2D eigenvalue weighted by atomic mass is 35.5. The van der Waals surface area contributed by atoms with Crippen LogP contribution in [0.25, 0.3) is 10.9 Å². The van der Waals surface area contributed by atoms with E-state index >= 15 is 0 Å². The van der Waals surface area contributed by atoms with Crippen LogP contribution >= 0.6 is 11.6 Å². The molecule has 3 rings (SSSR count). The number of nitrogens with two attached hydrogens (primary N) is 1. The number of H-pyrrole nitrogens is 1. The number of halogens is 1. The number of likely N-dealkylation sites (N-methyl/N-ethyl adjacent to an activating group) is 1. The first-order valence-electron chi connectivity index (χ1n) is 10.9. The van der Waals surface area contributed by atoms with Crippen LogP contribution in [0.3, 0.4) is 0 Å². The van der Waals surface area contributed by atoms with E-state index in [-0.39, 0.29) is 37.2 Å². The number of hydrogen-bond donors (Lipinski definition) is 3. The van der Waals surface area contributed by atoms with Gasteiger partial charge in [0.05, 0.1) is 30.2 Å². The zero-order chi connectivity index (χ0) is 25.5. The number of benzene rings is 2. The van der Waals surface area contributed by atoms with Gasteiger partial charge < -0.3 is 20.5 Å². The van der Waals surface area contributed by atoms with E-state index < -0.39 is 0 Å². The number of aliphatic imine (C=N–C) groups is 1. The highest BCUT2D eigenvalue weighted by molar-refractivity contribution is 6.34. The molecule has 1 aromatic heterocycles. The summed E-state index contributed by atoms with van der Waals surface area (Å²) in [5.74, 6) is -0.471. The Kier molecular flexibility index (Phi) is 8.62. The van der Waals surface area contributed by atoms with Crippen molar-refractivity contribution in [1.82, 2.24) is 15.2 Å². The molecule has 2 aromatic carbocycles. The molecule has 0 radical (unpaired) electrons. The summed E-state index contributed by atoms with van der Waals surface area (Å²) >= 11 is 6.37. The summed E-state index contributed by atoms with van der Waals surface area (Å²) in [6.07, 6.45) is 1.73. The lowest BCUT2D eigenvalue weighted by Gasteiger charge is -2.13. The fourth-order valence-electron chi connectivity index (χ4n) is 3.78. The number of ketones is 1. The van der Waals surface area contributed by atoms with Crippen molar-refractivity contribution in [3.05, 3.63) is 69.9 Å². The first-order chi connectivity index (χ1) is 16.7. The predicted molar refractivity (Wildman–Crippen MR) is 139 cm³/mol. The second-order valence-electron chi connectivity index (χ2n) is 8.33. The lowest BCUT2D eigenvalue weighted by atomic mass is 10.0. The standard InChI is InChI=1S/C25H29ClN6O3/c1-15-9-16(10-19(26)24(15)22(33)14-32(2)3)12-29-25(27)30-23(34)11-21(31-35-4)18-13-28-20-8-6-5-7-17(18)20/h5-10,13,28H,11-12,14H2,1-4H3,(H3,27,29,30,34)/b31-21-. The summed E-state index contributed by atoms with van der Waals surface area (Å²) in [4.78, 5) is 39.2. The predicted octanol–water partition coefficient (Wildman–Crippen LogP) is 3.25. The molecule has 0 saturated heterocycles. The van der Waals surface area contributed by atoms with Crippen LogP contribution in [0.5, 0.6) is 0 Å². The average Bonchev–Trinajstić information content (AvgIpc) is 3.20. The van der Waals surface area contributed by atoms with Gasteiger partial charge in [0.1, 0.15) is 7.11 Å². The normalized spacial score (nSPS) is 12.3. The van der Waals surface area contributed by atoms with Gasteiger partial charge in [0, 0.05) is 28.2 Å². The Hall–Kier alpha value is -3.69. The molecule has 35 heavy (non-hydrogen) atoms. The molecule has 3 aromatic rings. The van der Waals surface area contributed by atoms with E-state index in [9.17, 15) is 9.59 Å². The molecule has 0 aliphatic carbocycles. The van der Waals surface area contributed by atoms with E-state index in [2.05, 4.69) is 20.4 Å². The fraction of sp³-hybridized carbons (Fsp3) is 0.280. The number of carbonyl (C=O) groups excluding carboxylic acids is 2. The quantitative estimate of drug-likeness (QED) is 0.181. The molecule has 10 heteroatoms. The van der Waals surface area contributed by atoms with Crippen LogP contribution in [0, 0.1) is 6.92 Å². The molecule has 0 spiro atoms. The highest BCUT2D eigenvalue weighted by Crippen LogP contribution is 2.24. The van der Waals surface area contributed by atoms with Crippen molar-refractivity contribution in [2.75, 3.05) is 27.7 Å². The van der Waals surface area contributed by atoms with Crippen molar-refractivity contribution >= 4 is 45.9 Å². The third-order valence-corrected chi connectivity index (χ3v) is 5.51. The molecule has 0 saturated carbocycles. The minimum Gasteiger partial charge on any atom is -0.399 e. The fourth-order valence-corrected chi connectivity index (χ4v) is 4.17. The maximum absolute atomic E-state index is 12.6. The van der Waals surface area contributed by atoms with Gasteiger partial charge in [-0.05, 0) is 44.3 Å². The SMILES string of the molecule is CO/N=C(/CC(=O)NC(N)=NCc1cc(C)c(C(=O)CN(C)C)c(Cl)c1)c1c[nH]c2ccccc12. The number of oxime groups is 1. The Morgan fingerprint density at radius 3 is 2.66 bits per heavy atom. The number of carbonyl (C=O) groups is 2. The van der Waals surface area contributed by atoms with E-state index in [1.165, 1.54) is 7.11 Å². The van der Waals surface area contributed by atoms with Crippen LogP contribution in [-0.2, 0) is 16.2 Å². The largest absolute Gasteiger partial charge is 0.399 e. The van der Waals surface area contributed by atoms with Gasteiger partial charge in [-0.3, -0.25) is 14.9 Å². The number of rotatable bonds is 9. The molecule has 0 unspecified atom stereocenters. The lowest BCUT2D eigenvalue weighted by molar-refractivity contribution is -0.118. The van der Waals surface area contributed by atoms with E-state index in [1.54, 1.807) is 17.2 Å². The Morgan fingerprint density at radius 1 is 1.23 bits per heavy atom. The van der Waals surface area contributed by atoms with Gasteiger partial charge in [-0.1, -0.05) is 41.0 Å². The van der Waals surface area contributed by atoms with E-state index in [1.807, 2.05) is 51.4 Å². The van der Waals surface area contributed by atoms with E-state index in [0.717, 1.165) is 27.6 Å². The van der Waals surface area contributed by atoms with Gasteiger partial charge in [-0.2, -0.15) is 0 Å². The van der Waals surface area contributed by atoms with Gasteiger partial charge in [0.15, 0.2) is 11.7 Å². The van der Waals surface area contributed by atoms with Gasteiger partial charge >= 0.3 is 0 Å². The summed E-state index contributed by atoms with van der Waals surface area (Å²) in [7, 11) is 5.08. The molecule has 0 atom stereocenters. The molecule has 4 N–H and O–H groups in total. The topological polar surface area (TPSA) is 125 Å². The first-order valence-corrected chi connectivity index (χ1v) is 11.3. The monoisotopic (exact) mass is 496 g/mol. The number of guanidine groups is 1. The number of hydrogen-bond acceptors (Lipinski definition) is 6. The van der Waals surface area contributed by atoms with Gasteiger partial charge in [-0.15, -0.1) is 0 Å². The number of Topliss-reactive ketones (excluding diaryl/α,β-unsaturated/α-hetero) is 1. The van der Waals surface area contributed by atoms with Crippen LogP contribution < -0.4 is 11.1 Å². The summed E-state index contributed by atoms with van der Waals surface area (Å²) in [6.45, 7) is 2.29. The Balaban J connectivity index is 1.67. The van der Waals surface area contributed by atoms with Crippen LogP contribution in [0.15, 0.2) is 52.7 Å². The van der Waals surface area contributed by atoms with E-state index in [4.69, 9.17) is 22.2 Å². The van der Waals surface area contributed by atoms with Gasteiger partial charge in [0.2, 0.25) is 5.91 Å². The summed E-state index contributed by atoms with van der Waals surface area (Å²) in [6, 6.07) is 11.2. The third kappa shape index (κ3) is 6.68. The summed E-state index contributed by atoms with van der Waals surface area (Å²) < 4.78 is 0. The van der Waals surface area contributed by atoms with Crippen LogP contribution in [0.2, 0.25) is 5.02 Å². The minimum atomic E-state index is -0.383. The molecule has 0 aliphatic heterocycles. The highest BCUT2D eigenvalue weighted by Gasteiger charge is 2.17. The molecule has 1 heterocycles. The molecule has 9 nitrogen and oxygen atoms in total. The Bertz CT molecular complexity index is 1270. The second-order valence-corrected chi connectivity index (χ2v) is 8.73. The summed E-state index contributed by atoms with van der Waals surface area (Å²) in [5, 5.41) is 7.90. The summed E-state index contributed by atoms with van der Waals surface area (Å²) in [5.41, 5.74) is 10.1. The average molecular weight is 497 g/mol.